The molecule has 1 aromatic carbocycles. The van der Waals surface area contributed by atoms with Crippen molar-refractivity contribution in [1.82, 2.24) is 15.8 Å². The number of nitrogens with zero attached hydrogens (tertiary/aromatic N) is 1. The highest BCUT2D eigenvalue weighted by Gasteiger charge is 2.30. The quantitative estimate of drug-likeness (QED) is 0.774. The number of hydrazine groups is 1. The topological polar surface area (TPSA) is 84.5 Å². The van der Waals surface area contributed by atoms with E-state index in [1.54, 1.807) is 38.6 Å². The maximum atomic E-state index is 12.4. The van der Waals surface area contributed by atoms with E-state index in [0.717, 1.165) is 5.69 Å². The molecule has 0 spiro atoms. The second-order valence-corrected chi connectivity index (χ2v) is 5.44. The second-order valence-electron chi connectivity index (χ2n) is 5.44. The fraction of sp³-hybridized carbons (Fsp3) is 0.294. The van der Waals surface area contributed by atoms with E-state index in [1.807, 2.05) is 18.2 Å². The van der Waals surface area contributed by atoms with Gasteiger partial charge in [0.25, 0.3) is 0 Å². The van der Waals surface area contributed by atoms with E-state index in [1.165, 1.54) is 0 Å². The summed E-state index contributed by atoms with van der Waals surface area (Å²) in [5.74, 6) is 1.07. The van der Waals surface area contributed by atoms with Gasteiger partial charge in [0.2, 0.25) is 5.91 Å². The molecule has 7 nitrogen and oxygen atoms in total. The maximum Gasteiger partial charge on any atom is 0.242 e. The Kier molecular flexibility index (Phi) is 4.93. The van der Waals surface area contributed by atoms with Crippen LogP contribution in [0.4, 0.5) is 5.69 Å². The number of nitrogens with one attached hydrogen (secondary N) is 3. The zero-order valence-electron chi connectivity index (χ0n) is 13.6. The highest BCUT2D eigenvalue weighted by Crippen LogP contribution is 2.30. The monoisotopic (exact) mass is 328 g/mol. The van der Waals surface area contributed by atoms with Crippen LogP contribution in [0.1, 0.15) is 18.2 Å². The molecule has 2 aromatic rings. The molecule has 1 aliphatic heterocycles. The van der Waals surface area contributed by atoms with Crippen molar-refractivity contribution in [3.8, 4) is 11.5 Å². The van der Waals surface area contributed by atoms with Crippen LogP contribution in [0.5, 0.6) is 11.5 Å². The van der Waals surface area contributed by atoms with Crippen molar-refractivity contribution in [2.75, 3.05) is 19.5 Å². The fourth-order valence-electron chi connectivity index (χ4n) is 2.65. The van der Waals surface area contributed by atoms with Crippen LogP contribution >= 0.6 is 0 Å². The van der Waals surface area contributed by atoms with Crippen LogP contribution in [-0.4, -0.2) is 31.2 Å². The van der Waals surface area contributed by atoms with E-state index in [4.69, 9.17) is 9.47 Å². The van der Waals surface area contributed by atoms with Gasteiger partial charge in [-0.25, -0.2) is 10.9 Å². The molecular formula is C17H20N4O3. The average Bonchev–Trinajstić information content (AvgIpc) is 3.12. The van der Waals surface area contributed by atoms with Crippen molar-refractivity contribution in [3.05, 3.63) is 48.3 Å². The summed E-state index contributed by atoms with van der Waals surface area (Å²) < 4.78 is 10.4. The van der Waals surface area contributed by atoms with Crippen LogP contribution in [0.25, 0.3) is 0 Å². The molecule has 1 aliphatic rings. The van der Waals surface area contributed by atoms with E-state index < -0.39 is 0 Å². The van der Waals surface area contributed by atoms with Gasteiger partial charge in [-0.1, -0.05) is 6.07 Å². The van der Waals surface area contributed by atoms with Gasteiger partial charge in [0, 0.05) is 18.0 Å². The lowest BCUT2D eigenvalue weighted by Gasteiger charge is -2.13. The molecular weight excluding hydrogens is 308 g/mol. The molecule has 24 heavy (non-hydrogen) atoms. The molecule has 1 saturated heterocycles. The summed E-state index contributed by atoms with van der Waals surface area (Å²) in [6.45, 7) is 0. The van der Waals surface area contributed by atoms with Gasteiger partial charge in [-0.2, -0.15) is 0 Å². The number of anilines is 1. The summed E-state index contributed by atoms with van der Waals surface area (Å²) >= 11 is 0. The molecule has 1 fully saturated rings. The molecule has 1 amide bonds. The number of benzene rings is 1. The van der Waals surface area contributed by atoms with Crippen molar-refractivity contribution in [1.29, 1.82) is 0 Å². The summed E-state index contributed by atoms with van der Waals surface area (Å²) in [5.41, 5.74) is 7.69. The number of ether oxygens (including phenoxy) is 2. The molecule has 2 unspecified atom stereocenters. The lowest BCUT2D eigenvalue weighted by Crippen LogP contribution is -2.39. The molecule has 0 bridgehead atoms. The number of amides is 1. The number of rotatable bonds is 5. The summed E-state index contributed by atoms with van der Waals surface area (Å²) in [5, 5.41) is 2.88. The Labute approximate surface area is 140 Å². The van der Waals surface area contributed by atoms with E-state index in [2.05, 4.69) is 21.2 Å². The molecule has 2 heterocycles. The number of hydrogen-bond acceptors (Lipinski definition) is 6. The fourth-order valence-corrected chi connectivity index (χ4v) is 2.65. The van der Waals surface area contributed by atoms with Crippen LogP contribution in [0, 0.1) is 0 Å². The van der Waals surface area contributed by atoms with Gasteiger partial charge in [-0.05, 0) is 30.7 Å². The van der Waals surface area contributed by atoms with Gasteiger partial charge >= 0.3 is 0 Å². The Morgan fingerprint density at radius 2 is 2.00 bits per heavy atom. The van der Waals surface area contributed by atoms with E-state index in [9.17, 15) is 4.79 Å². The summed E-state index contributed by atoms with van der Waals surface area (Å²) in [7, 11) is 3.13. The van der Waals surface area contributed by atoms with E-state index >= 15 is 0 Å². The normalized spacial score (nSPS) is 19.8. The Morgan fingerprint density at radius 3 is 2.71 bits per heavy atom. The van der Waals surface area contributed by atoms with Gasteiger partial charge in [-0.3, -0.25) is 9.78 Å². The molecule has 1 aromatic heterocycles. The number of methoxy groups -OCH3 is 2. The van der Waals surface area contributed by atoms with Crippen LogP contribution in [0.2, 0.25) is 0 Å². The summed E-state index contributed by atoms with van der Waals surface area (Å²) in [6, 6.07) is 10.7. The largest absolute Gasteiger partial charge is 0.493 e. The average molecular weight is 328 g/mol. The van der Waals surface area contributed by atoms with Crippen molar-refractivity contribution < 1.29 is 14.3 Å². The third-order valence-electron chi connectivity index (χ3n) is 3.92. The van der Waals surface area contributed by atoms with Crippen molar-refractivity contribution in [2.45, 2.75) is 18.5 Å². The number of carbonyl (C=O) groups is 1. The van der Waals surface area contributed by atoms with Gasteiger partial charge in [-0.15, -0.1) is 0 Å². The first-order valence-electron chi connectivity index (χ1n) is 7.66. The number of hydrogen-bond donors (Lipinski definition) is 3. The SMILES string of the molecule is COc1ccc(NC(=O)C2CC(c3ccccn3)NN2)cc1OC. The first-order chi connectivity index (χ1) is 11.7. The Bertz CT molecular complexity index is 708. The van der Waals surface area contributed by atoms with Crippen molar-refractivity contribution in [2.24, 2.45) is 0 Å². The Hall–Kier alpha value is -2.64. The number of pyridine rings is 1. The lowest BCUT2D eigenvalue weighted by molar-refractivity contribution is -0.117. The first kappa shape index (κ1) is 16.2. The standard InChI is InChI=1S/C17H20N4O3/c1-23-15-7-6-11(9-16(15)24-2)19-17(22)14-10-13(20-21-14)12-5-3-4-8-18-12/h3-9,13-14,20-21H,10H2,1-2H3,(H,19,22). The van der Waals surface area contributed by atoms with Gasteiger partial charge < -0.3 is 14.8 Å². The predicted molar refractivity (Wildman–Crippen MR) is 89.8 cm³/mol. The van der Waals surface area contributed by atoms with Gasteiger partial charge in [0.1, 0.15) is 6.04 Å². The number of carbonyl (C=O) groups excluding carboxylic acids is 1. The van der Waals surface area contributed by atoms with Crippen LogP contribution in [-0.2, 0) is 4.79 Å². The van der Waals surface area contributed by atoms with E-state index in [-0.39, 0.29) is 18.0 Å². The zero-order valence-corrected chi connectivity index (χ0v) is 13.6. The smallest absolute Gasteiger partial charge is 0.242 e. The molecule has 2 atom stereocenters. The summed E-state index contributed by atoms with van der Waals surface area (Å²) in [6.07, 6.45) is 2.37. The molecule has 3 N–H and O–H groups in total. The predicted octanol–water partition coefficient (Wildman–Crippen LogP) is 1.65. The van der Waals surface area contributed by atoms with Crippen LogP contribution in [0.15, 0.2) is 42.6 Å². The van der Waals surface area contributed by atoms with E-state index in [0.29, 0.717) is 23.6 Å². The molecule has 7 heteroatoms. The highest BCUT2D eigenvalue weighted by atomic mass is 16.5. The highest BCUT2D eigenvalue weighted by molar-refractivity contribution is 5.95. The third kappa shape index (κ3) is 3.47. The minimum atomic E-state index is -0.342. The molecule has 0 radical (unpaired) electrons. The minimum absolute atomic E-state index is 0.00681. The second kappa shape index (κ2) is 7.29. The van der Waals surface area contributed by atoms with Gasteiger partial charge in [0.15, 0.2) is 11.5 Å². The molecule has 0 aliphatic carbocycles. The van der Waals surface area contributed by atoms with Gasteiger partial charge in [0.05, 0.1) is 26.0 Å². The van der Waals surface area contributed by atoms with Crippen LogP contribution in [0.3, 0.4) is 0 Å². The zero-order chi connectivity index (χ0) is 16.9. The molecule has 0 saturated carbocycles. The number of aromatic nitrogens is 1. The molecule has 126 valence electrons. The van der Waals surface area contributed by atoms with Crippen LogP contribution < -0.4 is 25.6 Å². The Balaban J connectivity index is 1.64. The lowest BCUT2D eigenvalue weighted by atomic mass is 10.1. The minimum Gasteiger partial charge on any atom is -0.493 e. The molecule has 3 rings (SSSR count). The third-order valence-corrected chi connectivity index (χ3v) is 3.92. The van der Waals surface area contributed by atoms with Crippen molar-refractivity contribution in [3.63, 3.8) is 0 Å². The summed E-state index contributed by atoms with van der Waals surface area (Å²) in [4.78, 5) is 16.8. The first-order valence-corrected chi connectivity index (χ1v) is 7.66. The Morgan fingerprint density at radius 1 is 1.17 bits per heavy atom. The van der Waals surface area contributed by atoms with Crippen molar-refractivity contribution >= 4 is 11.6 Å². The maximum absolute atomic E-state index is 12.4.